The van der Waals surface area contributed by atoms with Crippen molar-refractivity contribution >= 4 is 17.2 Å². The first-order valence-corrected chi connectivity index (χ1v) is 2.07. The van der Waals surface area contributed by atoms with Gasteiger partial charge in [0.1, 0.15) is 0 Å². The second-order valence-electron chi connectivity index (χ2n) is 1.21. The van der Waals surface area contributed by atoms with Crippen LogP contribution in [0.2, 0.25) is 0 Å². The number of hydrogen-bond donors (Lipinski definition) is 0. The van der Waals surface area contributed by atoms with E-state index >= 15 is 0 Å². The first-order chi connectivity index (χ1) is 2.43. The molecule has 0 heterocycles. The van der Waals surface area contributed by atoms with Gasteiger partial charge >= 0.3 is 0 Å². The quantitative estimate of drug-likeness (QED) is 0.399. The lowest BCUT2D eigenvalue weighted by Crippen LogP contribution is -1.31. The number of hydrogen-bond acceptors (Lipinski definition) is 1. The molecule has 0 N–H and O–H groups in total. The average Bonchev–Trinajstić information content (AvgIpc) is 2.12. The molecule has 26 valence electrons. The predicted molar refractivity (Wildman–Crippen MR) is 25.3 cm³/mol. The smallest absolute Gasteiger partial charge is 0.0161 e. The van der Waals surface area contributed by atoms with Crippen LogP contribution in [0.25, 0.3) is 0 Å². The Morgan fingerprint density at radius 2 is 2.20 bits per heavy atom. The average molecular weight is 84.1 g/mol. The van der Waals surface area contributed by atoms with E-state index in [1.54, 1.807) is 0 Å². The highest BCUT2D eigenvalue weighted by atomic mass is 32.1. The Hall–Kier alpha value is -0.130. The third-order valence-electron chi connectivity index (χ3n) is 0.644. The zero-order valence-electron chi connectivity index (χ0n) is 2.82. The van der Waals surface area contributed by atoms with Crippen molar-refractivity contribution < 1.29 is 0 Å². The highest BCUT2D eigenvalue weighted by Gasteiger charge is 2.08. The summed E-state index contributed by atoms with van der Waals surface area (Å²) in [6.45, 7) is 0. The van der Waals surface area contributed by atoms with Gasteiger partial charge in [-0.2, -0.15) is 0 Å². The summed E-state index contributed by atoms with van der Waals surface area (Å²) < 4.78 is 0. The van der Waals surface area contributed by atoms with Crippen LogP contribution < -0.4 is 0 Å². The lowest BCUT2D eigenvalue weighted by Gasteiger charge is -1.38. The van der Waals surface area contributed by atoms with E-state index in [-0.39, 0.29) is 0 Å². The summed E-state index contributed by atoms with van der Waals surface area (Å²) in [5.74, 6) is 0. The Morgan fingerprint density at radius 1 is 1.60 bits per heavy atom. The van der Waals surface area contributed by atoms with Gasteiger partial charge < -0.3 is 0 Å². The molecule has 0 aliphatic heterocycles. The molecular formula is C4H4S. The molecule has 1 aliphatic rings. The second-order valence-corrected chi connectivity index (χ2v) is 1.41. The predicted octanol–water partition coefficient (Wildman–Crippen LogP) is 1.31. The van der Waals surface area contributed by atoms with E-state index in [4.69, 9.17) is 0 Å². The van der Waals surface area contributed by atoms with Crippen LogP contribution in [0.15, 0.2) is 5.57 Å². The topological polar surface area (TPSA) is 0 Å². The maximum Gasteiger partial charge on any atom is -0.0161 e. The maximum absolute atomic E-state index is 4.45. The molecule has 0 spiro atoms. The SMILES string of the molecule is S=C=C1CC1. The van der Waals surface area contributed by atoms with Crippen LogP contribution >= 0.6 is 12.2 Å². The Morgan fingerprint density at radius 3 is 2.20 bits per heavy atom. The van der Waals surface area contributed by atoms with Gasteiger partial charge in [-0.05, 0) is 35.7 Å². The van der Waals surface area contributed by atoms with Crippen molar-refractivity contribution in [3.8, 4) is 0 Å². The zero-order valence-corrected chi connectivity index (χ0v) is 3.64. The number of allylic oxidation sites excluding steroid dienone is 1. The lowest BCUT2D eigenvalue weighted by molar-refractivity contribution is 1.50. The fourth-order valence-electron chi connectivity index (χ4n) is 0.165. The summed E-state index contributed by atoms with van der Waals surface area (Å²) in [5, 5.41) is 2.64. The van der Waals surface area contributed by atoms with Crippen molar-refractivity contribution in [3.63, 3.8) is 0 Å². The monoisotopic (exact) mass is 84.0 g/mol. The minimum absolute atomic E-state index is 1.21. The summed E-state index contributed by atoms with van der Waals surface area (Å²) in [6, 6.07) is 0. The Kier molecular flexibility index (Phi) is 0.569. The van der Waals surface area contributed by atoms with Gasteiger partial charge in [-0.3, -0.25) is 0 Å². The van der Waals surface area contributed by atoms with Crippen LogP contribution in [-0.2, 0) is 0 Å². The molecule has 1 fully saturated rings. The first kappa shape index (κ1) is 3.08. The Bertz CT molecular complexity index is 81.8. The maximum atomic E-state index is 4.45. The normalized spacial score (nSPS) is 18.0. The summed E-state index contributed by atoms with van der Waals surface area (Å²) in [5.41, 5.74) is 1.32. The summed E-state index contributed by atoms with van der Waals surface area (Å²) in [4.78, 5) is 0. The number of thiocarbonyl (C=S) groups is 1. The molecule has 1 saturated carbocycles. The van der Waals surface area contributed by atoms with Crippen LogP contribution in [0, 0.1) is 0 Å². The van der Waals surface area contributed by atoms with Gasteiger partial charge in [-0.15, -0.1) is 0 Å². The minimum atomic E-state index is 1.21. The Labute approximate surface area is 36.5 Å². The van der Waals surface area contributed by atoms with Crippen LogP contribution in [0.5, 0.6) is 0 Å². The summed E-state index contributed by atoms with van der Waals surface area (Å²) >= 11 is 4.45. The van der Waals surface area contributed by atoms with Crippen molar-refractivity contribution in [2.75, 3.05) is 0 Å². The van der Waals surface area contributed by atoms with Crippen LogP contribution in [0.1, 0.15) is 12.8 Å². The highest BCUT2D eigenvalue weighted by molar-refractivity contribution is 7.78. The summed E-state index contributed by atoms with van der Waals surface area (Å²) in [6.07, 6.45) is 2.42. The van der Waals surface area contributed by atoms with Gasteiger partial charge in [0.25, 0.3) is 0 Å². The van der Waals surface area contributed by atoms with Crippen LogP contribution in [0.4, 0.5) is 0 Å². The standard InChI is InChI=1S/C4H4S/c5-3-4-1-2-4/h1-2H2. The van der Waals surface area contributed by atoms with E-state index in [1.165, 1.54) is 18.4 Å². The van der Waals surface area contributed by atoms with Crippen molar-refractivity contribution in [3.05, 3.63) is 5.57 Å². The molecule has 1 rings (SSSR count). The molecule has 0 aromatic rings. The van der Waals surface area contributed by atoms with E-state index in [2.05, 4.69) is 17.2 Å². The van der Waals surface area contributed by atoms with Crippen LogP contribution in [0.3, 0.4) is 0 Å². The molecule has 0 aromatic heterocycles. The fourth-order valence-corrected chi connectivity index (χ4v) is 0.369. The van der Waals surface area contributed by atoms with E-state index in [0.717, 1.165) is 0 Å². The molecule has 0 amide bonds. The molecule has 0 atom stereocenters. The van der Waals surface area contributed by atoms with Crippen molar-refractivity contribution in [2.45, 2.75) is 12.8 Å². The van der Waals surface area contributed by atoms with Gasteiger partial charge in [-0.25, -0.2) is 0 Å². The molecule has 1 heteroatoms. The highest BCUT2D eigenvalue weighted by Crippen LogP contribution is 2.23. The fraction of sp³-hybridized carbons (Fsp3) is 0.500. The largest absolute Gasteiger partial charge is 0.0469 e. The van der Waals surface area contributed by atoms with E-state index in [1.807, 2.05) is 0 Å². The zero-order chi connectivity index (χ0) is 3.70. The molecule has 0 bridgehead atoms. The molecule has 0 unspecified atom stereocenters. The Balaban J connectivity index is 2.80. The van der Waals surface area contributed by atoms with E-state index < -0.39 is 0 Å². The molecule has 1 aliphatic carbocycles. The third-order valence-corrected chi connectivity index (χ3v) is 0.933. The van der Waals surface area contributed by atoms with Crippen molar-refractivity contribution in [1.29, 1.82) is 0 Å². The van der Waals surface area contributed by atoms with E-state index in [0.29, 0.717) is 0 Å². The molecule has 0 aromatic carbocycles. The summed E-state index contributed by atoms with van der Waals surface area (Å²) in [7, 11) is 0. The van der Waals surface area contributed by atoms with Gasteiger partial charge in [0.05, 0.1) is 0 Å². The van der Waals surface area contributed by atoms with Crippen LogP contribution in [-0.4, -0.2) is 5.02 Å². The molecule has 0 nitrogen and oxygen atoms in total. The first-order valence-electron chi connectivity index (χ1n) is 1.66. The molecule has 5 heavy (non-hydrogen) atoms. The van der Waals surface area contributed by atoms with Crippen molar-refractivity contribution in [2.24, 2.45) is 0 Å². The van der Waals surface area contributed by atoms with Gasteiger partial charge in [0.15, 0.2) is 0 Å². The molecule has 0 saturated heterocycles. The molecule has 0 radical (unpaired) electrons. The minimum Gasteiger partial charge on any atom is -0.0469 e. The van der Waals surface area contributed by atoms with Crippen molar-refractivity contribution in [1.82, 2.24) is 0 Å². The van der Waals surface area contributed by atoms with Gasteiger partial charge in [-0.1, -0.05) is 0 Å². The lowest BCUT2D eigenvalue weighted by atomic mass is 10.7. The van der Waals surface area contributed by atoms with Gasteiger partial charge in [0.2, 0.25) is 0 Å². The number of rotatable bonds is 0. The second kappa shape index (κ2) is 0.925. The molecular weight excluding hydrogens is 80.1 g/mol. The van der Waals surface area contributed by atoms with Gasteiger partial charge in [0, 0.05) is 0 Å². The van der Waals surface area contributed by atoms with E-state index in [9.17, 15) is 0 Å². The third kappa shape index (κ3) is 0.571.